The van der Waals surface area contributed by atoms with Crippen molar-refractivity contribution in [2.24, 2.45) is 11.0 Å². The number of carbonyl (C=O) groups is 2. The largest absolute Gasteiger partial charge is 0.322 e. The molecule has 1 aliphatic carbocycles. The van der Waals surface area contributed by atoms with Gasteiger partial charge < -0.3 is 5.32 Å². The van der Waals surface area contributed by atoms with E-state index in [9.17, 15) is 9.59 Å². The van der Waals surface area contributed by atoms with Gasteiger partial charge in [-0.15, -0.1) is 0 Å². The Balaban J connectivity index is 1.63. The number of hydrazone groups is 1. The van der Waals surface area contributed by atoms with Crippen LogP contribution in [0.3, 0.4) is 0 Å². The lowest BCUT2D eigenvalue weighted by Gasteiger charge is -2.22. The zero-order chi connectivity index (χ0) is 21.7. The van der Waals surface area contributed by atoms with Gasteiger partial charge in [0, 0.05) is 16.8 Å². The molecule has 5 nitrogen and oxygen atoms in total. The number of hydrogen-bond donors (Lipinski definition) is 2. The smallest absolute Gasteiger partial charge is 0.271 e. The van der Waals surface area contributed by atoms with Crippen molar-refractivity contribution in [2.75, 3.05) is 5.32 Å². The molecule has 1 aliphatic rings. The maximum absolute atomic E-state index is 12.5. The summed E-state index contributed by atoms with van der Waals surface area (Å²) < 4.78 is 0. The van der Waals surface area contributed by atoms with E-state index >= 15 is 0 Å². The van der Waals surface area contributed by atoms with Crippen molar-refractivity contribution in [3.05, 3.63) is 89.0 Å². The molecule has 2 aromatic carbocycles. The molecule has 154 valence electrons. The molecule has 30 heavy (non-hydrogen) atoms. The van der Waals surface area contributed by atoms with E-state index in [4.69, 9.17) is 0 Å². The van der Waals surface area contributed by atoms with Crippen LogP contribution >= 0.6 is 0 Å². The van der Waals surface area contributed by atoms with E-state index < -0.39 is 0 Å². The minimum absolute atomic E-state index is 0.177. The molecule has 1 atom stereocenters. The Morgan fingerprint density at radius 1 is 1.03 bits per heavy atom. The third kappa shape index (κ3) is 5.11. The van der Waals surface area contributed by atoms with Crippen LogP contribution in [-0.4, -0.2) is 17.5 Å². The average molecular weight is 402 g/mol. The maximum atomic E-state index is 12.5. The number of anilines is 1. The zero-order valence-electron chi connectivity index (χ0n) is 17.7. The van der Waals surface area contributed by atoms with Gasteiger partial charge in [0.25, 0.3) is 11.8 Å². The molecule has 0 radical (unpaired) electrons. The number of aryl methyl sites for hydroxylation is 1. The molecule has 2 amide bonds. The Hall–Kier alpha value is -3.47. The first-order valence-corrected chi connectivity index (χ1v) is 10.0. The summed E-state index contributed by atoms with van der Waals surface area (Å²) in [4.78, 5) is 24.9. The van der Waals surface area contributed by atoms with Crippen molar-refractivity contribution in [2.45, 2.75) is 33.6 Å². The zero-order valence-corrected chi connectivity index (χ0v) is 17.7. The van der Waals surface area contributed by atoms with Gasteiger partial charge in [-0.3, -0.25) is 9.59 Å². The number of benzene rings is 2. The molecule has 1 unspecified atom stereocenters. The monoisotopic (exact) mass is 401 g/mol. The van der Waals surface area contributed by atoms with Gasteiger partial charge in [0.05, 0.1) is 5.71 Å². The van der Waals surface area contributed by atoms with Crippen LogP contribution in [0.25, 0.3) is 0 Å². The van der Waals surface area contributed by atoms with Crippen molar-refractivity contribution in [3.63, 3.8) is 0 Å². The van der Waals surface area contributed by atoms with E-state index in [1.54, 1.807) is 30.3 Å². The summed E-state index contributed by atoms with van der Waals surface area (Å²) in [6, 6.07) is 14.2. The molecule has 0 aromatic heterocycles. The molecule has 0 spiro atoms. The Morgan fingerprint density at radius 2 is 1.73 bits per heavy atom. The molecule has 5 heteroatoms. The maximum Gasteiger partial charge on any atom is 0.271 e. The van der Waals surface area contributed by atoms with Gasteiger partial charge >= 0.3 is 0 Å². The van der Waals surface area contributed by atoms with Crippen molar-refractivity contribution in [1.29, 1.82) is 0 Å². The van der Waals surface area contributed by atoms with Crippen molar-refractivity contribution < 1.29 is 9.59 Å². The SMILES string of the molecule is C=C(C)C1CC=C(C)/C(=N/NC(=O)c2ccc(NC(=O)c3ccccc3C)cc2)C1. The molecule has 3 rings (SSSR count). The number of rotatable bonds is 5. The fourth-order valence-electron chi connectivity index (χ4n) is 3.34. The van der Waals surface area contributed by atoms with E-state index in [0.717, 1.165) is 35.3 Å². The minimum atomic E-state index is -0.287. The van der Waals surface area contributed by atoms with Crippen molar-refractivity contribution in [3.8, 4) is 0 Å². The summed E-state index contributed by atoms with van der Waals surface area (Å²) in [6.45, 7) is 9.95. The number of nitrogens with one attached hydrogen (secondary N) is 2. The molecule has 0 heterocycles. The fraction of sp³-hybridized carbons (Fsp3) is 0.240. The number of nitrogens with zero attached hydrogens (tertiary/aromatic N) is 1. The van der Waals surface area contributed by atoms with Gasteiger partial charge in [-0.25, -0.2) is 5.43 Å². The second-order valence-electron chi connectivity index (χ2n) is 7.72. The van der Waals surface area contributed by atoms with Crippen LogP contribution in [0.15, 0.2) is 77.4 Å². The van der Waals surface area contributed by atoms with E-state index in [0.29, 0.717) is 22.7 Å². The number of amides is 2. The summed E-state index contributed by atoms with van der Waals surface area (Å²) in [7, 11) is 0. The summed E-state index contributed by atoms with van der Waals surface area (Å²) in [6.07, 6.45) is 3.88. The second kappa shape index (κ2) is 9.35. The van der Waals surface area contributed by atoms with Gasteiger partial charge in [0.2, 0.25) is 0 Å². The highest BCUT2D eigenvalue weighted by Gasteiger charge is 2.19. The van der Waals surface area contributed by atoms with Crippen LogP contribution in [0.2, 0.25) is 0 Å². The van der Waals surface area contributed by atoms with Gasteiger partial charge in [0.15, 0.2) is 0 Å². The third-order valence-electron chi connectivity index (χ3n) is 5.39. The Kier molecular flexibility index (Phi) is 6.62. The highest BCUT2D eigenvalue weighted by Crippen LogP contribution is 2.26. The lowest BCUT2D eigenvalue weighted by Crippen LogP contribution is -2.23. The molecule has 0 saturated carbocycles. The average Bonchev–Trinajstić information content (AvgIpc) is 2.73. The normalized spacial score (nSPS) is 17.2. The number of allylic oxidation sites excluding steroid dienone is 3. The predicted molar refractivity (Wildman–Crippen MR) is 122 cm³/mol. The lowest BCUT2D eigenvalue weighted by atomic mass is 9.85. The van der Waals surface area contributed by atoms with E-state index in [2.05, 4.69) is 28.5 Å². The molecular weight excluding hydrogens is 374 g/mol. The highest BCUT2D eigenvalue weighted by molar-refractivity contribution is 6.05. The standard InChI is InChI=1S/C25H27N3O2/c1-16(2)20-10-9-18(4)23(15-20)27-28-24(29)19-11-13-21(14-12-19)26-25(30)22-8-6-5-7-17(22)3/h5-9,11-14,20H,1,10,15H2,2-4H3,(H,26,30)(H,28,29)/b27-23+. The van der Waals surface area contributed by atoms with E-state index in [-0.39, 0.29) is 11.8 Å². The summed E-state index contributed by atoms with van der Waals surface area (Å²) >= 11 is 0. The predicted octanol–water partition coefficient (Wildman–Crippen LogP) is 5.27. The molecule has 2 N–H and O–H groups in total. The van der Waals surface area contributed by atoms with Crippen LogP contribution in [0.5, 0.6) is 0 Å². The second-order valence-corrected chi connectivity index (χ2v) is 7.72. The van der Waals surface area contributed by atoms with Crippen LogP contribution in [-0.2, 0) is 0 Å². The van der Waals surface area contributed by atoms with Crippen LogP contribution in [0.4, 0.5) is 5.69 Å². The minimum Gasteiger partial charge on any atom is -0.322 e. The molecule has 0 aliphatic heterocycles. The first kappa shape index (κ1) is 21.2. The van der Waals surface area contributed by atoms with E-state index in [1.165, 1.54) is 0 Å². The molecular formula is C25H27N3O2. The molecule has 0 fully saturated rings. The summed E-state index contributed by atoms with van der Waals surface area (Å²) in [5.74, 6) is -0.103. The van der Waals surface area contributed by atoms with Crippen molar-refractivity contribution >= 4 is 23.2 Å². The summed E-state index contributed by atoms with van der Waals surface area (Å²) in [5, 5.41) is 7.19. The fourth-order valence-corrected chi connectivity index (χ4v) is 3.34. The Morgan fingerprint density at radius 3 is 2.40 bits per heavy atom. The van der Waals surface area contributed by atoms with Gasteiger partial charge in [-0.2, -0.15) is 5.10 Å². The summed E-state index contributed by atoms with van der Waals surface area (Å²) in [5.41, 5.74) is 8.37. The van der Waals surface area contributed by atoms with Gasteiger partial charge in [0.1, 0.15) is 0 Å². The molecule has 0 bridgehead atoms. The number of carbonyl (C=O) groups excluding carboxylic acids is 2. The van der Waals surface area contributed by atoms with Gasteiger partial charge in [-0.1, -0.05) is 36.4 Å². The topological polar surface area (TPSA) is 70.6 Å². The van der Waals surface area contributed by atoms with Gasteiger partial charge in [-0.05, 0) is 81.0 Å². The quantitative estimate of drug-likeness (QED) is 0.529. The van der Waals surface area contributed by atoms with E-state index in [1.807, 2.05) is 39.0 Å². The van der Waals surface area contributed by atoms with Crippen molar-refractivity contribution in [1.82, 2.24) is 5.43 Å². The molecule has 0 saturated heterocycles. The highest BCUT2D eigenvalue weighted by atomic mass is 16.2. The first-order valence-electron chi connectivity index (χ1n) is 10.0. The number of hydrogen-bond acceptors (Lipinski definition) is 3. The van der Waals surface area contributed by atoms with Crippen LogP contribution in [0.1, 0.15) is 53.0 Å². The molecule has 2 aromatic rings. The van der Waals surface area contributed by atoms with Crippen LogP contribution < -0.4 is 10.7 Å². The lowest BCUT2D eigenvalue weighted by molar-refractivity contribution is 0.0954. The Labute approximate surface area is 177 Å². The van der Waals surface area contributed by atoms with Crippen LogP contribution in [0, 0.1) is 12.8 Å². The Bertz CT molecular complexity index is 1030. The third-order valence-corrected chi connectivity index (χ3v) is 5.39. The first-order chi connectivity index (χ1) is 14.3.